The average Bonchev–Trinajstić information content (AvgIpc) is 2.98. The van der Waals surface area contributed by atoms with Crippen molar-refractivity contribution in [2.45, 2.75) is 34.9 Å². The van der Waals surface area contributed by atoms with E-state index in [0.717, 1.165) is 19.9 Å². The fourth-order valence-electron chi connectivity index (χ4n) is 1.74. The number of halogens is 3. The molecular formula is C14H13F3N4O5S2. The summed E-state index contributed by atoms with van der Waals surface area (Å²) in [4.78, 5) is 29.7. The number of nitrogens with zero attached hydrogens (tertiary/aromatic N) is 2. The van der Waals surface area contributed by atoms with Gasteiger partial charge in [-0.3, -0.25) is 9.59 Å². The van der Waals surface area contributed by atoms with Gasteiger partial charge in [-0.05, 0) is 19.9 Å². The van der Waals surface area contributed by atoms with E-state index in [0.29, 0.717) is 17.5 Å². The number of amides is 2. The van der Waals surface area contributed by atoms with Crippen molar-refractivity contribution in [1.82, 2.24) is 9.97 Å². The van der Waals surface area contributed by atoms with E-state index in [4.69, 9.17) is 5.73 Å². The lowest BCUT2D eigenvalue weighted by Crippen LogP contribution is -2.36. The van der Waals surface area contributed by atoms with Gasteiger partial charge in [0.25, 0.3) is 11.8 Å². The van der Waals surface area contributed by atoms with Crippen molar-refractivity contribution in [3.05, 3.63) is 29.7 Å². The van der Waals surface area contributed by atoms with Crippen molar-refractivity contribution in [1.29, 1.82) is 0 Å². The topological polar surface area (TPSA) is 152 Å². The molecule has 2 aromatic rings. The van der Waals surface area contributed by atoms with Crippen molar-refractivity contribution in [2.75, 3.05) is 5.32 Å². The summed E-state index contributed by atoms with van der Waals surface area (Å²) in [6.07, 6.45) is -4.12. The van der Waals surface area contributed by atoms with Crippen LogP contribution < -0.4 is 11.1 Å². The van der Waals surface area contributed by atoms with Crippen LogP contribution in [0.4, 0.5) is 18.2 Å². The molecule has 0 fully saturated rings. The Labute approximate surface area is 160 Å². The zero-order valence-corrected chi connectivity index (χ0v) is 15.9. The van der Waals surface area contributed by atoms with E-state index in [1.807, 2.05) is 0 Å². The number of rotatable bonds is 5. The van der Waals surface area contributed by atoms with E-state index in [9.17, 15) is 36.3 Å². The van der Waals surface area contributed by atoms with Gasteiger partial charge >= 0.3 is 6.18 Å². The number of thiophene rings is 1. The van der Waals surface area contributed by atoms with Crippen LogP contribution in [-0.4, -0.2) is 40.9 Å². The molecule has 0 unspecified atom stereocenters. The van der Waals surface area contributed by atoms with Gasteiger partial charge in [0.15, 0.2) is 10.7 Å². The van der Waals surface area contributed by atoms with Crippen molar-refractivity contribution >= 4 is 38.0 Å². The number of alkyl halides is 3. The van der Waals surface area contributed by atoms with Crippen LogP contribution in [0, 0.1) is 0 Å². The lowest BCUT2D eigenvalue weighted by atomic mass is 10.1. The molecule has 0 aliphatic carbocycles. The average molecular weight is 438 g/mol. The van der Waals surface area contributed by atoms with Gasteiger partial charge in [-0.2, -0.15) is 13.2 Å². The van der Waals surface area contributed by atoms with Crippen LogP contribution >= 0.6 is 11.3 Å². The van der Waals surface area contributed by atoms with Crippen LogP contribution in [0.5, 0.6) is 0 Å². The van der Waals surface area contributed by atoms with E-state index in [1.165, 1.54) is 0 Å². The molecule has 9 nitrogen and oxygen atoms in total. The number of aromatic nitrogens is 2. The van der Waals surface area contributed by atoms with Gasteiger partial charge in [0.1, 0.15) is 14.8 Å². The smallest absolute Gasteiger partial charge is 0.381 e. The Balaban J connectivity index is 2.47. The van der Waals surface area contributed by atoms with Crippen molar-refractivity contribution < 1.29 is 36.3 Å². The molecule has 0 aliphatic heterocycles. The van der Waals surface area contributed by atoms with Gasteiger partial charge in [0.05, 0.1) is 18.0 Å². The minimum atomic E-state index is -4.80. The minimum Gasteiger partial charge on any atom is -0.381 e. The second-order valence-corrected chi connectivity index (χ2v) is 9.10. The molecule has 0 atom stereocenters. The monoisotopic (exact) mass is 438 g/mol. The molecule has 0 spiro atoms. The molecule has 2 rings (SSSR count). The second-order valence-electron chi connectivity index (χ2n) is 5.93. The largest absolute Gasteiger partial charge is 0.434 e. The van der Waals surface area contributed by atoms with Crippen LogP contribution in [0.3, 0.4) is 0 Å². The SMILES string of the molecule is CC(C)(O)C(=O)Nc1sc(S(=O)(=O)c2cnc(C(F)(F)F)cn2)cc1C(N)=O. The lowest BCUT2D eigenvalue weighted by Gasteiger charge is -2.16. The maximum atomic E-state index is 12.6. The molecule has 0 saturated carbocycles. The van der Waals surface area contributed by atoms with Crippen LogP contribution in [0.15, 0.2) is 27.7 Å². The third kappa shape index (κ3) is 4.45. The van der Waals surface area contributed by atoms with E-state index in [2.05, 4.69) is 15.3 Å². The molecule has 2 amide bonds. The normalized spacial score (nSPS) is 12.6. The highest BCUT2D eigenvalue weighted by Crippen LogP contribution is 2.35. The summed E-state index contributed by atoms with van der Waals surface area (Å²) < 4.78 is 62.3. The summed E-state index contributed by atoms with van der Waals surface area (Å²) in [7, 11) is -4.45. The van der Waals surface area contributed by atoms with Crippen LogP contribution in [0.2, 0.25) is 0 Å². The fraction of sp³-hybridized carbons (Fsp3) is 0.286. The van der Waals surface area contributed by atoms with Gasteiger partial charge in [0, 0.05) is 0 Å². The number of carbonyl (C=O) groups is 2. The van der Waals surface area contributed by atoms with E-state index >= 15 is 0 Å². The van der Waals surface area contributed by atoms with Crippen LogP contribution in [0.1, 0.15) is 29.9 Å². The Morgan fingerprint density at radius 2 is 1.82 bits per heavy atom. The first-order valence-corrected chi connectivity index (χ1v) is 9.56. The number of hydrogen-bond acceptors (Lipinski definition) is 8. The van der Waals surface area contributed by atoms with Gasteiger partial charge in [-0.15, -0.1) is 11.3 Å². The molecule has 2 aromatic heterocycles. The van der Waals surface area contributed by atoms with Crippen molar-refractivity contribution in [3.63, 3.8) is 0 Å². The standard InChI is InChI=1S/C14H13F3N4O5S2/c1-13(2,24)12(23)21-11-6(10(18)22)3-9(27-11)28(25,26)8-5-19-7(4-20-8)14(15,16)17/h3-5,24H,1-2H3,(H2,18,22)(H,21,23). The summed E-state index contributed by atoms with van der Waals surface area (Å²) >= 11 is 0.422. The third-order valence-corrected chi connectivity index (χ3v) is 6.38. The number of anilines is 1. The molecule has 0 aliphatic rings. The fourth-order valence-corrected chi connectivity index (χ4v) is 4.34. The predicted octanol–water partition coefficient (Wildman–Crippen LogP) is 1.20. The third-order valence-electron chi connectivity index (χ3n) is 3.22. The Kier molecular flexibility index (Phi) is 5.51. The number of nitrogens with two attached hydrogens (primary N) is 1. The molecule has 0 radical (unpaired) electrons. The summed E-state index contributed by atoms with van der Waals surface area (Å²) in [5, 5.41) is 10.8. The number of primary amides is 1. The van der Waals surface area contributed by atoms with Gasteiger partial charge in [0.2, 0.25) is 9.84 Å². The number of sulfone groups is 1. The lowest BCUT2D eigenvalue weighted by molar-refractivity contribution is -0.141. The van der Waals surface area contributed by atoms with Crippen molar-refractivity contribution in [2.24, 2.45) is 5.73 Å². The molecule has 0 saturated heterocycles. The molecule has 14 heteroatoms. The molecule has 0 aromatic carbocycles. The van der Waals surface area contributed by atoms with Crippen LogP contribution in [-0.2, 0) is 20.8 Å². The number of hydrogen-bond donors (Lipinski definition) is 3. The summed E-state index contributed by atoms with van der Waals surface area (Å²) in [5.74, 6) is -2.00. The first-order valence-electron chi connectivity index (χ1n) is 7.26. The summed E-state index contributed by atoms with van der Waals surface area (Å²) in [6, 6.07) is 0.849. The molecule has 2 heterocycles. The first kappa shape index (κ1) is 21.7. The molecule has 0 bridgehead atoms. The quantitative estimate of drug-likeness (QED) is 0.634. The number of carbonyl (C=O) groups excluding carboxylic acids is 2. The zero-order valence-electron chi connectivity index (χ0n) is 14.2. The highest BCUT2D eigenvalue weighted by Gasteiger charge is 2.34. The molecule has 4 N–H and O–H groups in total. The zero-order chi connectivity index (χ0) is 21.5. The molecule has 28 heavy (non-hydrogen) atoms. The highest BCUT2D eigenvalue weighted by molar-refractivity contribution is 7.93. The predicted molar refractivity (Wildman–Crippen MR) is 90.3 cm³/mol. The van der Waals surface area contributed by atoms with E-state index in [1.54, 1.807) is 0 Å². The first-order chi connectivity index (χ1) is 12.6. The van der Waals surface area contributed by atoms with Crippen LogP contribution in [0.25, 0.3) is 0 Å². The van der Waals surface area contributed by atoms with Crippen molar-refractivity contribution in [3.8, 4) is 0 Å². The Hall–Kier alpha value is -2.58. The molecular weight excluding hydrogens is 425 g/mol. The Morgan fingerprint density at radius 3 is 2.25 bits per heavy atom. The van der Waals surface area contributed by atoms with Gasteiger partial charge < -0.3 is 16.2 Å². The minimum absolute atomic E-state index is 0.252. The molecule has 152 valence electrons. The summed E-state index contributed by atoms with van der Waals surface area (Å²) in [5.41, 5.74) is 1.59. The Morgan fingerprint density at radius 1 is 1.21 bits per heavy atom. The van der Waals surface area contributed by atoms with Gasteiger partial charge in [-0.25, -0.2) is 18.4 Å². The van der Waals surface area contributed by atoms with E-state index < -0.39 is 48.4 Å². The second kappa shape index (κ2) is 7.10. The maximum absolute atomic E-state index is 12.6. The maximum Gasteiger partial charge on any atom is 0.434 e. The highest BCUT2D eigenvalue weighted by atomic mass is 32.2. The van der Waals surface area contributed by atoms with Gasteiger partial charge in [-0.1, -0.05) is 0 Å². The summed E-state index contributed by atoms with van der Waals surface area (Å²) in [6.45, 7) is 2.32. The number of aliphatic hydroxyl groups is 1. The Bertz CT molecular complexity index is 1020. The van der Waals surface area contributed by atoms with E-state index in [-0.39, 0.29) is 16.8 Å². The number of nitrogens with one attached hydrogen (secondary N) is 1.